The Hall–Kier alpha value is -1.02. The molecular formula is C13H21NO. The fourth-order valence-corrected chi connectivity index (χ4v) is 1.82. The smallest absolute Gasteiger partial charge is 0.122 e. The van der Waals surface area contributed by atoms with Gasteiger partial charge in [-0.15, -0.1) is 0 Å². The third kappa shape index (κ3) is 3.24. The van der Waals surface area contributed by atoms with Crippen LogP contribution in [0.5, 0.6) is 5.75 Å². The van der Waals surface area contributed by atoms with Crippen LogP contribution < -0.4 is 4.74 Å². The molecule has 1 aromatic rings. The molecule has 0 spiro atoms. The van der Waals surface area contributed by atoms with Crippen LogP contribution in [0, 0.1) is 0 Å². The van der Waals surface area contributed by atoms with Gasteiger partial charge in [0.1, 0.15) is 5.75 Å². The fourth-order valence-electron chi connectivity index (χ4n) is 1.82. The predicted molar refractivity (Wildman–Crippen MR) is 64.4 cm³/mol. The molecular weight excluding hydrogens is 186 g/mol. The molecule has 0 unspecified atom stereocenters. The van der Waals surface area contributed by atoms with Crippen LogP contribution in [0.3, 0.4) is 0 Å². The van der Waals surface area contributed by atoms with Crippen LogP contribution in [0.25, 0.3) is 0 Å². The van der Waals surface area contributed by atoms with Crippen molar-refractivity contribution in [2.75, 3.05) is 21.2 Å². The van der Waals surface area contributed by atoms with Crippen LogP contribution in [0.1, 0.15) is 24.5 Å². The number of benzene rings is 1. The Labute approximate surface area is 92.9 Å². The second kappa shape index (κ2) is 5.76. The first-order valence-electron chi connectivity index (χ1n) is 5.48. The van der Waals surface area contributed by atoms with Crippen LogP contribution >= 0.6 is 0 Å². The minimum absolute atomic E-state index is 0.979. The molecule has 1 rings (SSSR count). The molecule has 0 saturated carbocycles. The highest BCUT2D eigenvalue weighted by molar-refractivity contribution is 5.40. The molecule has 0 aliphatic rings. The predicted octanol–water partition coefficient (Wildman–Crippen LogP) is 2.71. The summed E-state index contributed by atoms with van der Waals surface area (Å²) in [7, 11) is 5.93. The van der Waals surface area contributed by atoms with Gasteiger partial charge in [0, 0.05) is 6.54 Å². The van der Waals surface area contributed by atoms with E-state index in [1.165, 1.54) is 11.1 Å². The van der Waals surface area contributed by atoms with Crippen molar-refractivity contribution in [1.82, 2.24) is 4.90 Å². The normalized spacial score (nSPS) is 10.7. The molecule has 0 bridgehead atoms. The van der Waals surface area contributed by atoms with Gasteiger partial charge in [0.2, 0.25) is 0 Å². The summed E-state index contributed by atoms with van der Waals surface area (Å²) >= 11 is 0. The van der Waals surface area contributed by atoms with Crippen molar-refractivity contribution in [3.8, 4) is 5.75 Å². The monoisotopic (exact) mass is 207 g/mol. The van der Waals surface area contributed by atoms with Gasteiger partial charge >= 0.3 is 0 Å². The van der Waals surface area contributed by atoms with Crippen LogP contribution in [-0.2, 0) is 13.0 Å². The Morgan fingerprint density at radius 2 is 2.00 bits per heavy atom. The van der Waals surface area contributed by atoms with Crippen LogP contribution in [-0.4, -0.2) is 26.1 Å². The highest BCUT2D eigenvalue weighted by Crippen LogP contribution is 2.24. The number of methoxy groups -OCH3 is 1. The third-order valence-corrected chi connectivity index (χ3v) is 2.44. The summed E-state index contributed by atoms with van der Waals surface area (Å²) in [4.78, 5) is 2.19. The van der Waals surface area contributed by atoms with Gasteiger partial charge < -0.3 is 9.64 Å². The molecule has 2 heteroatoms. The van der Waals surface area contributed by atoms with Gasteiger partial charge in [0.05, 0.1) is 7.11 Å². The standard InChI is InChI=1S/C13H21NO/c1-5-7-12-11(10-14(2)3)8-6-9-13(12)15-4/h6,8-9H,5,7,10H2,1-4H3. The maximum absolute atomic E-state index is 5.40. The lowest BCUT2D eigenvalue weighted by atomic mass is 10.0. The quantitative estimate of drug-likeness (QED) is 0.736. The van der Waals surface area contributed by atoms with Gasteiger partial charge in [-0.2, -0.15) is 0 Å². The van der Waals surface area contributed by atoms with Crippen molar-refractivity contribution in [3.05, 3.63) is 29.3 Å². The lowest BCUT2D eigenvalue weighted by molar-refractivity contribution is 0.390. The van der Waals surface area contributed by atoms with Crippen molar-refractivity contribution < 1.29 is 4.74 Å². The number of rotatable bonds is 5. The molecule has 0 amide bonds. The molecule has 0 aliphatic heterocycles. The number of hydrogen-bond acceptors (Lipinski definition) is 2. The van der Waals surface area contributed by atoms with Gasteiger partial charge in [0.25, 0.3) is 0 Å². The molecule has 0 aromatic heterocycles. The first-order chi connectivity index (χ1) is 7.19. The Balaban J connectivity index is 3.01. The maximum atomic E-state index is 5.40. The number of nitrogens with zero attached hydrogens (tertiary/aromatic N) is 1. The lowest BCUT2D eigenvalue weighted by Gasteiger charge is -2.16. The van der Waals surface area contributed by atoms with E-state index in [2.05, 4.69) is 38.1 Å². The third-order valence-electron chi connectivity index (χ3n) is 2.44. The van der Waals surface area contributed by atoms with E-state index in [0.717, 1.165) is 25.1 Å². The zero-order chi connectivity index (χ0) is 11.3. The Morgan fingerprint density at radius 3 is 2.53 bits per heavy atom. The van der Waals surface area contributed by atoms with E-state index in [0.29, 0.717) is 0 Å². The summed E-state index contributed by atoms with van der Waals surface area (Å²) in [5.41, 5.74) is 2.73. The number of ether oxygens (including phenoxy) is 1. The molecule has 0 heterocycles. The van der Waals surface area contributed by atoms with Gasteiger partial charge in [0.15, 0.2) is 0 Å². The molecule has 0 atom stereocenters. The van der Waals surface area contributed by atoms with Crippen molar-refractivity contribution in [2.45, 2.75) is 26.3 Å². The van der Waals surface area contributed by atoms with Crippen molar-refractivity contribution >= 4 is 0 Å². The summed E-state index contributed by atoms with van der Waals surface area (Å²) in [6.07, 6.45) is 2.24. The molecule has 0 saturated heterocycles. The van der Waals surface area contributed by atoms with Gasteiger partial charge in [-0.3, -0.25) is 0 Å². The van der Waals surface area contributed by atoms with Crippen LogP contribution in [0.4, 0.5) is 0 Å². The van der Waals surface area contributed by atoms with E-state index in [4.69, 9.17) is 4.74 Å². The summed E-state index contributed by atoms with van der Waals surface area (Å²) in [6, 6.07) is 6.30. The van der Waals surface area contributed by atoms with Crippen molar-refractivity contribution in [2.24, 2.45) is 0 Å². The highest BCUT2D eigenvalue weighted by atomic mass is 16.5. The highest BCUT2D eigenvalue weighted by Gasteiger charge is 2.08. The Kier molecular flexibility index (Phi) is 4.63. The van der Waals surface area contributed by atoms with E-state index in [1.807, 2.05) is 6.07 Å². The molecule has 0 aliphatic carbocycles. The summed E-state index contributed by atoms with van der Waals surface area (Å²) in [5.74, 6) is 1.02. The van der Waals surface area contributed by atoms with E-state index in [1.54, 1.807) is 7.11 Å². The molecule has 0 fully saturated rings. The molecule has 15 heavy (non-hydrogen) atoms. The van der Waals surface area contributed by atoms with E-state index in [-0.39, 0.29) is 0 Å². The molecule has 84 valence electrons. The fraction of sp³-hybridized carbons (Fsp3) is 0.538. The summed E-state index contributed by atoms with van der Waals surface area (Å²) in [6.45, 7) is 3.18. The van der Waals surface area contributed by atoms with Crippen molar-refractivity contribution in [3.63, 3.8) is 0 Å². The molecule has 2 nitrogen and oxygen atoms in total. The molecule has 0 N–H and O–H groups in total. The van der Waals surface area contributed by atoms with Crippen LogP contribution in [0.2, 0.25) is 0 Å². The minimum Gasteiger partial charge on any atom is -0.496 e. The summed E-state index contributed by atoms with van der Waals surface area (Å²) < 4.78 is 5.40. The van der Waals surface area contributed by atoms with Gasteiger partial charge in [-0.25, -0.2) is 0 Å². The van der Waals surface area contributed by atoms with Crippen LogP contribution in [0.15, 0.2) is 18.2 Å². The van der Waals surface area contributed by atoms with E-state index < -0.39 is 0 Å². The van der Waals surface area contributed by atoms with E-state index in [9.17, 15) is 0 Å². The van der Waals surface area contributed by atoms with E-state index >= 15 is 0 Å². The summed E-state index contributed by atoms with van der Waals surface area (Å²) in [5, 5.41) is 0. The first kappa shape index (κ1) is 12.1. The molecule has 1 aromatic carbocycles. The second-order valence-corrected chi connectivity index (χ2v) is 4.09. The lowest BCUT2D eigenvalue weighted by Crippen LogP contribution is -2.12. The Bertz CT molecular complexity index is 307. The topological polar surface area (TPSA) is 12.5 Å². The maximum Gasteiger partial charge on any atom is 0.122 e. The number of hydrogen-bond donors (Lipinski definition) is 0. The largest absolute Gasteiger partial charge is 0.496 e. The SMILES string of the molecule is CCCc1c(CN(C)C)cccc1OC. The first-order valence-corrected chi connectivity index (χ1v) is 5.48. The molecule has 0 radical (unpaired) electrons. The van der Waals surface area contributed by atoms with Gasteiger partial charge in [-0.05, 0) is 37.7 Å². The average molecular weight is 207 g/mol. The second-order valence-electron chi connectivity index (χ2n) is 4.09. The average Bonchev–Trinajstić information content (AvgIpc) is 2.20. The zero-order valence-electron chi connectivity index (χ0n) is 10.2. The van der Waals surface area contributed by atoms with Gasteiger partial charge in [-0.1, -0.05) is 25.5 Å². The minimum atomic E-state index is 0.979. The zero-order valence-corrected chi connectivity index (χ0v) is 10.2. The van der Waals surface area contributed by atoms with Crippen molar-refractivity contribution in [1.29, 1.82) is 0 Å². The Morgan fingerprint density at radius 1 is 1.27 bits per heavy atom.